The minimum Gasteiger partial charge on any atom is -0.398 e. The minimum absolute atomic E-state index is 0.532. The second-order valence-electron chi connectivity index (χ2n) is 4.61. The van der Waals surface area contributed by atoms with E-state index in [1.807, 2.05) is 18.2 Å². The molecule has 0 aromatic heterocycles. The molecule has 1 aromatic carbocycles. The van der Waals surface area contributed by atoms with Crippen LogP contribution in [0.3, 0.4) is 0 Å². The molecule has 0 aliphatic carbocycles. The number of hydrogen-bond acceptors (Lipinski definition) is 2. The number of anilines is 1. The van der Waals surface area contributed by atoms with Crippen LogP contribution in [0.15, 0.2) is 27.6 Å². The molecule has 1 aromatic rings. The largest absolute Gasteiger partial charge is 0.398 e. The molecule has 0 saturated heterocycles. The molecule has 2 nitrogen and oxygen atoms in total. The van der Waals surface area contributed by atoms with Crippen LogP contribution >= 0.6 is 15.9 Å². The Morgan fingerprint density at radius 1 is 1.39 bits per heavy atom. The summed E-state index contributed by atoms with van der Waals surface area (Å²) in [5.41, 5.74) is 6.52. The van der Waals surface area contributed by atoms with Crippen LogP contribution in [0, 0.1) is 5.92 Å². The van der Waals surface area contributed by atoms with E-state index in [1.54, 1.807) is 0 Å². The highest BCUT2D eigenvalue weighted by Crippen LogP contribution is 2.24. The average molecular weight is 332 g/mol. The Labute approximate surface area is 121 Å². The minimum atomic E-state index is -0.994. The van der Waals surface area contributed by atoms with E-state index in [0.29, 0.717) is 11.6 Å². The lowest BCUT2D eigenvalue weighted by Crippen LogP contribution is -2.12. The molecule has 0 fully saturated rings. The first-order chi connectivity index (χ1) is 8.58. The molecule has 2 N–H and O–H groups in total. The van der Waals surface area contributed by atoms with Gasteiger partial charge in [-0.1, -0.05) is 49.0 Å². The van der Waals surface area contributed by atoms with Gasteiger partial charge in [-0.25, -0.2) is 0 Å². The summed E-state index contributed by atoms with van der Waals surface area (Å²) in [5.74, 6) is 1.25. The molecule has 4 heteroatoms. The Balaban J connectivity index is 2.71. The highest BCUT2D eigenvalue weighted by molar-refractivity contribution is 9.10. The van der Waals surface area contributed by atoms with Crippen molar-refractivity contribution in [1.29, 1.82) is 0 Å². The predicted octanol–water partition coefficient (Wildman–Crippen LogP) is 4.36. The van der Waals surface area contributed by atoms with Gasteiger partial charge < -0.3 is 5.73 Å². The van der Waals surface area contributed by atoms with E-state index >= 15 is 0 Å². The Morgan fingerprint density at radius 3 is 2.72 bits per heavy atom. The molecule has 1 rings (SSSR count). The number of unbranched alkanes of at least 4 members (excludes halogenated alkanes) is 1. The molecule has 102 valence electrons. The maximum Gasteiger partial charge on any atom is 0.0628 e. The number of halogens is 1. The van der Waals surface area contributed by atoms with Gasteiger partial charge in [-0.3, -0.25) is 4.21 Å². The molecule has 0 saturated carbocycles. The normalized spacial score (nSPS) is 14.4. The van der Waals surface area contributed by atoms with Crippen molar-refractivity contribution < 1.29 is 4.21 Å². The Morgan fingerprint density at radius 2 is 2.11 bits per heavy atom. The van der Waals surface area contributed by atoms with Gasteiger partial charge in [0.2, 0.25) is 0 Å². The summed E-state index contributed by atoms with van der Waals surface area (Å²) >= 11 is 3.40. The lowest BCUT2D eigenvalue weighted by molar-refractivity contribution is 0.494. The maximum absolute atomic E-state index is 12.4. The Bertz CT molecular complexity index is 409. The van der Waals surface area contributed by atoms with Gasteiger partial charge in [0.1, 0.15) is 0 Å². The molecule has 0 aliphatic rings. The van der Waals surface area contributed by atoms with Crippen LogP contribution in [0.5, 0.6) is 0 Å². The highest BCUT2D eigenvalue weighted by atomic mass is 79.9. The van der Waals surface area contributed by atoms with E-state index in [2.05, 4.69) is 29.8 Å². The van der Waals surface area contributed by atoms with E-state index in [0.717, 1.165) is 28.0 Å². The quantitative estimate of drug-likeness (QED) is 0.754. The predicted molar refractivity (Wildman–Crippen MR) is 83.1 cm³/mol. The third-order valence-electron chi connectivity index (χ3n) is 3.15. The van der Waals surface area contributed by atoms with Crippen LogP contribution in [0.1, 0.15) is 39.5 Å². The summed E-state index contributed by atoms with van der Waals surface area (Å²) in [7, 11) is -0.994. The smallest absolute Gasteiger partial charge is 0.0628 e. The second-order valence-corrected chi connectivity index (χ2v) is 6.99. The zero-order valence-electron chi connectivity index (χ0n) is 11.1. The molecular formula is C14H22BrNOS. The molecule has 0 bridgehead atoms. The molecule has 0 heterocycles. The first-order valence-electron chi connectivity index (χ1n) is 6.51. The monoisotopic (exact) mass is 331 g/mol. The van der Waals surface area contributed by atoms with Crippen LogP contribution in [-0.4, -0.2) is 9.96 Å². The molecule has 0 amide bonds. The first kappa shape index (κ1) is 15.7. The van der Waals surface area contributed by atoms with Crippen molar-refractivity contribution in [2.45, 2.75) is 44.4 Å². The molecular weight excluding hydrogens is 310 g/mol. The number of hydrogen-bond donors (Lipinski definition) is 1. The molecule has 0 spiro atoms. The fourth-order valence-corrected chi connectivity index (χ4v) is 4.02. The number of benzene rings is 1. The Kier molecular flexibility index (Phi) is 6.94. The van der Waals surface area contributed by atoms with Crippen molar-refractivity contribution in [1.82, 2.24) is 0 Å². The number of nitrogen functional groups attached to an aromatic ring is 1. The van der Waals surface area contributed by atoms with Gasteiger partial charge in [0, 0.05) is 15.9 Å². The zero-order chi connectivity index (χ0) is 13.5. The van der Waals surface area contributed by atoms with Crippen LogP contribution in [0.25, 0.3) is 0 Å². The van der Waals surface area contributed by atoms with Crippen molar-refractivity contribution >= 4 is 32.4 Å². The molecule has 2 atom stereocenters. The van der Waals surface area contributed by atoms with Crippen LogP contribution in [-0.2, 0) is 10.8 Å². The molecule has 18 heavy (non-hydrogen) atoms. The summed E-state index contributed by atoms with van der Waals surface area (Å²) in [6.45, 7) is 4.36. The van der Waals surface area contributed by atoms with Crippen LogP contribution in [0.4, 0.5) is 5.69 Å². The summed E-state index contributed by atoms with van der Waals surface area (Å²) in [5, 5.41) is 0. The molecule has 2 unspecified atom stereocenters. The molecule has 0 aliphatic heterocycles. The summed E-state index contributed by atoms with van der Waals surface area (Å²) in [6, 6.07) is 5.56. The zero-order valence-corrected chi connectivity index (χ0v) is 13.5. The van der Waals surface area contributed by atoms with E-state index in [4.69, 9.17) is 5.73 Å². The second kappa shape index (κ2) is 7.95. The fourth-order valence-electron chi connectivity index (χ4n) is 1.91. The van der Waals surface area contributed by atoms with Crippen molar-refractivity contribution in [3.8, 4) is 0 Å². The number of nitrogens with two attached hydrogens (primary N) is 1. The van der Waals surface area contributed by atoms with Gasteiger partial charge in [-0.15, -0.1) is 0 Å². The average Bonchev–Trinajstić information content (AvgIpc) is 2.37. The maximum atomic E-state index is 12.4. The number of rotatable bonds is 7. The van der Waals surface area contributed by atoms with Crippen molar-refractivity contribution in [3.05, 3.63) is 22.7 Å². The standard InChI is InChI=1S/C14H22BrNOS/c1-3-5-6-11(4-2)10-18(17)14-9-12(15)7-8-13(14)16/h7-9,11H,3-6,10,16H2,1-2H3. The fraction of sp³-hybridized carbons (Fsp3) is 0.571. The topological polar surface area (TPSA) is 43.1 Å². The van der Waals surface area contributed by atoms with Gasteiger partial charge >= 0.3 is 0 Å². The van der Waals surface area contributed by atoms with Gasteiger partial charge in [0.25, 0.3) is 0 Å². The summed E-state index contributed by atoms with van der Waals surface area (Å²) in [6.07, 6.45) is 4.65. The lowest BCUT2D eigenvalue weighted by atomic mass is 10.0. The van der Waals surface area contributed by atoms with Crippen molar-refractivity contribution in [3.63, 3.8) is 0 Å². The summed E-state index contributed by atoms with van der Waals surface area (Å²) in [4.78, 5) is 0.763. The third kappa shape index (κ3) is 4.73. The van der Waals surface area contributed by atoms with Gasteiger partial charge in [-0.2, -0.15) is 0 Å². The van der Waals surface area contributed by atoms with E-state index < -0.39 is 10.8 Å². The van der Waals surface area contributed by atoms with E-state index in [9.17, 15) is 4.21 Å². The highest BCUT2D eigenvalue weighted by Gasteiger charge is 2.14. The lowest BCUT2D eigenvalue weighted by Gasteiger charge is -2.14. The van der Waals surface area contributed by atoms with Crippen molar-refractivity contribution in [2.75, 3.05) is 11.5 Å². The first-order valence-corrected chi connectivity index (χ1v) is 8.63. The third-order valence-corrected chi connectivity index (χ3v) is 5.26. The van der Waals surface area contributed by atoms with Gasteiger partial charge in [0.15, 0.2) is 0 Å². The Hall–Kier alpha value is -0.350. The van der Waals surface area contributed by atoms with Gasteiger partial charge in [-0.05, 0) is 30.5 Å². The van der Waals surface area contributed by atoms with Crippen LogP contribution < -0.4 is 5.73 Å². The molecule has 0 radical (unpaired) electrons. The van der Waals surface area contributed by atoms with E-state index in [1.165, 1.54) is 12.8 Å². The SMILES string of the molecule is CCCCC(CC)CS(=O)c1cc(Br)ccc1N. The van der Waals surface area contributed by atoms with Crippen LogP contribution in [0.2, 0.25) is 0 Å². The van der Waals surface area contributed by atoms with E-state index in [-0.39, 0.29) is 0 Å². The van der Waals surface area contributed by atoms with Crippen molar-refractivity contribution in [2.24, 2.45) is 5.92 Å². The summed E-state index contributed by atoms with van der Waals surface area (Å²) < 4.78 is 13.3. The van der Waals surface area contributed by atoms with Gasteiger partial charge in [0.05, 0.1) is 15.7 Å².